The first-order valence-corrected chi connectivity index (χ1v) is 7.71. The van der Waals surface area contributed by atoms with Crippen molar-refractivity contribution in [2.24, 2.45) is 0 Å². The van der Waals surface area contributed by atoms with Gasteiger partial charge in [0.05, 0.1) is 11.3 Å². The lowest BCUT2D eigenvalue weighted by Crippen LogP contribution is -2.10. The molecule has 0 radical (unpaired) electrons. The molecule has 2 aromatic heterocycles. The Morgan fingerprint density at radius 3 is 2.42 bits per heavy atom. The van der Waals surface area contributed by atoms with E-state index in [-0.39, 0.29) is 6.04 Å². The number of anilines is 1. The van der Waals surface area contributed by atoms with E-state index in [4.69, 9.17) is 0 Å². The highest BCUT2D eigenvalue weighted by Crippen LogP contribution is 2.24. The Kier molecular flexibility index (Phi) is 4.48. The van der Waals surface area contributed by atoms with Gasteiger partial charge in [0.2, 0.25) is 0 Å². The van der Waals surface area contributed by atoms with Gasteiger partial charge in [0, 0.05) is 47.5 Å². The first-order chi connectivity index (χ1) is 11.7. The van der Waals surface area contributed by atoms with Gasteiger partial charge in [0.1, 0.15) is 6.07 Å². The molecule has 5 heteroatoms. The summed E-state index contributed by atoms with van der Waals surface area (Å²) in [7, 11) is 0. The standard InChI is InChI=1S/C19H17N5/c1-13(2)24-18-6-5-14(8-16(18)9-20)19-22-11-17(12-23-19)15-4-3-7-21-10-15/h3-8,10-13,24H,1-2H3. The minimum absolute atomic E-state index is 0.262. The van der Waals surface area contributed by atoms with Crippen molar-refractivity contribution in [3.8, 4) is 28.6 Å². The van der Waals surface area contributed by atoms with Crippen molar-refractivity contribution in [3.05, 3.63) is 60.7 Å². The molecule has 3 aromatic rings. The number of nitriles is 1. The smallest absolute Gasteiger partial charge is 0.159 e. The Labute approximate surface area is 141 Å². The second-order valence-corrected chi connectivity index (χ2v) is 5.71. The number of benzene rings is 1. The highest BCUT2D eigenvalue weighted by molar-refractivity contribution is 5.68. The van der Waals surface area contributed by atoms with Crippen molar-refractivity contribution in [3.63, 3.8) is 0 Å². The Bertz CT molecular complexity index is 865. The van der Waals surface area contributed by atoms with Crippen LogP contribution in [0.4, 0.5) is 5.69 Å². The molecule has 0 aliphatic carbocycles. The van der Waals surface area contributed by atoms with Crippen LogP contribution in [0.3, 0.4) is 0 Å². The van der Waals surface area contributed by atoms with Crippen molar-refractivity contribution in [1.29, 1.82) is 5.26 Å². The molecule has 0 atom stereocenters. The summed E-state index contributed by atoms with van der Waals surface area (Å²) in [6.45, 7) is 4.07. The minimum Gasteiger partial charge on any atom is -0.382 e. The number of hydrogen-bond acceptors (Lipinski definition) is 5. The maximum Gasteiger partial charge on any atom is 0.159 e. The quantitative estimate of drug-likeness (QED) is 0.790. The monoisotopic (exact) mass is 315 g/mol. The summed E-state index contributed by atoms with van der Waals surface area (Å²) in [5.41, 5.74) is 4.10. The van der Waals surface area contributed by atoms with Crippen LogP contribution in [-0.2, 0) is 0 Å². The van der Waals surface area contributed by atoms with E-state index in [0.717, 1.165) is 22.4 Å². The van der Waals surface area contributed by atoms with Crippen molar-refractivity contribution in [2.75, 3.05) is 5.32 Å². The van der Waals surface area contributed by atoms with Gasteiger partial charge >= 0.3 is 0 Å². The van der Waals surface area contributed by atoms with E-state index < -0.39 is 0 Å². The lowest BCUT2D eigenvalue weighted by atomic mass is 10.1. The Balaban J connectivity index is 1.91. The third kappa shape index (κ3) is 3.39. The number of nitrogens with one attached hydrogen (secondary N) is 1. The molecule has 1 aromatic carbocycles. The average Bonchev–Trinajstić information content (AvgIpc) is 2.62. The number of nitrogens with zero attached hydrogens (tertiary/aromatic N) is 4. The molecular formula is C19H17N5. The number of aromatic nitrogens is 3. The van der Waals surface area contributed by atoms with E-state index in [0.29, 0.717) is 11.4 Å². The van der Waals surface area contributed by atoms with Crippen LogP contribution in [0.1, 0.15) is 19.4 Å². The van der Waals surface area contributed by atoms with E-state index >= 15 is 0 Å². The van der Waals surface area contributed by atoms with Crippen molar-refractivity contribution in [1.82, 2.24) is 15.0 Å². The van der Waals surface area contributed by atoms with Gasteiger partial charge in [-0.1, -0.05) is 6.07 Å². The molecule has 0 spiro atoms. The fraction of sp³-hybridized carbons (Fsp3) is 0.158. The lowest BCUT2D eigenvalue weighted by molar-refractivity contribution is 0.899. The van der Waals surface area contributed by atoms with Crippen LogP contribution in [0, 0.1) is 11.3 Å². The molecular weight excluding hydrogens is 298 g/mol. The van der Waals surface area contributed by atoms with E-state index in [2.05, 4.69) is 26.3 Å². The van der Waals surface area contributed by atoms with E-state index in [1.165, 1.54) is 0 Å². The zero-order chi connectivity index (χ0) is 16.9. The predicted molar refractivity (Wildman–Crippen MR) is 94.2 cm³/mol. The van der Waals surface area contributed by atoms with Crippen LogP contribution < -0.4 is 5.32 Å². The van der Waals surface area contributed by atoms with Crippen molar-refractivity contribution in [2.45, 2.75) is 19.9 Å². The summed E-state index contributed by atoms with van der Waals surface area (Å²) < 4.78 is 0. The summed E-state index contributed by atoms with van der Waals surface area (Å²) in [6, 6.07) is 12.0. The summed E-state index contributed by atoms with van der Waals surface area (Å²) >= 11 is 0. The summed E-state index contributed by atoms with van der Waals surface area (Å²) in [5.74, 6) is 0.593. The minimum atomic E-state index is 0.262. The molecule has 2 heterocycles. The summed E-state index contributed by atoms with van der Waals surface area (Å²) in [6.07, 6.45) is 7.05. The van der Waals surface area contributed by atoms with Crippen LogP contribution in [0.2, 0.25) is 0 Å². The van der Waals surface area contributed by atoms with Crippen molar-refractivity contribution >= 4 is 5.69 Å². The number of pyridine rings is 1. The highest BCUT2D eigenvalue weighted by atomic mass is 14.9. The molecule has 0 fully saturated rings. The summed E-state index contributed by atoms with van der Waals surface area (Å²) in [5, 5.41) is 12.6. The van der Waals surface area contributed by atoms with Gasteiger partial charge in [0.15, 0.2) is 5.82 Å². The lowest BCUT2D eigenvalue weighted by Gasteiger charge is -2.12. The molecule has 0 saturated carbocycles. The molecule has 118 valence electrons. The number of rotatable bonds is 4. The normalized spacial score (nSPS) is 10.4. The molecule has 0 aliphatic heterocycles. The first kappa shape index (κ1) is 15.6. The molecule has 1 N–H and O–H groups in total. The van der Waals surface area contributed by atoms with Crippen LogP contribution in [-0.4, -0.2) is 21.0 Å². The van der Waals surface area contributed by atoms with Crippen LogP contribution in [0.15, 0.2) is 55.1 Å². The maximum absolute atomic E-state index is 9.36. The molecule has 5 nitrogen and oxygen atoms in total. The average molecular weight is 315 g/mol. The van der Waals surface area contributed by atoms with Gasteiger partial charge in [-0.3, -0.25) is 4.98 Å². The van der Waals surface area contributed by atoms with Crippen LogP contribution in [0.25, 0.3) is 22.5 Å². The van der Waals surface area contributed by atoms with E-state index in [9.17, 15) is 5.26 Å². The van der Waals surface area contributed by atoms with E-state index in [1.54, 1.807) is 24.8 Å². The number of hydrogen-bond donors (Lipinski definition) is 1. The molecule has 0 amide bonds. The molecule has 3 rings (SSSR count). The van der Waals surface area contributed by atoms with Gasteiger partial charge in [-0.2, -0.15) is 5.26 Å². The predicted octanol–water partition coefficient (Wildman–Crippen LogP) is 3.90. The topological polar surface area (TPSA) is 74.5 Å². The molecule has 0 aliphatic rings. The third-order valence-electron chi connectivity index (χ3n) is 3.49. The highest BCUT2D eigenvalue weighted by Gasteiger charge is 2.08. The second kappa shape index (κ2) is 6.88. The molecule has 0 unspecified atom stereocenters. The molecule has 0 bridgehead atoms. The maximum atomic E-state index is 9.36. The third-order valence-corrected chi connectivity index (χ3v) is 3.49. The first-order valence-electron chi connectivity index (χ1n) is 7.71. The summed E-state index contributed by atoms with van der Waals surface area (Å²) in [4.78, 5) is 12.9. The Hall–Kier alpha value is -3.26. The van der Waals surface area contributed by atoms with E-state index in [1.807, 2.05) is 44.2 Å². The van der Waals surface area contributed by atoms with Gasteiger partial charge < -0.3 is 5.32 Å². The zero-order valence-corrected chi connectivity index (χ0v) is 13.6. The fourth-order valence-electron chi connectivity index (χ4n) is 2.37. The Morgan fingerprint density at radius 2 is 1.79 bits per heavy atom. The SMILES string of the molecule is CC(C)Nc1ccc(-c2ncc(-c3cccnc3)cn2)cc1C#N. The second-order valence-electron chi connectivity index (χ2n) is 5.71. The molecule has 0 saturated heterocycles. The van der Waals surface area contributed by atoms with Crippen LogP contribution >= 0.6 is 0 Å². The fourth-order valence-corrected chi connectivity index (χ4v) is 2.37. The van der Waals surface area contributed by atoms with Gasteiger partial charge in [-0.15, -0.1) is 0 Å². The molecule has 24 heavy (non-hydrogen) atoms. The van der Waals surface area contributed by atoms with Gasteiger partial charge in [-0.25, -0.2) is 9.97 Å². The largest absolute Gasteiger partial charge is 0.382 e. The Morgan fingerprint density at radius 1 is 1.00 bits per heavy atom. The van der Waals surface area contributed by atoms with Gasteiger partial charge in [0.25, 0.3) is 0 Å². The van der Waals surface area contributed by atoms with Crippen LogP contribution in [0.5, 0.6) is 0 Å². The van der Waals surface area contributed by atoms with Gasteiger partial charge in [-0.05, 0) is 38.1 Å². The van der Waals surface area contributed by atoms with Crippen molar-refractivity contribution < 1.29 is 0 Å². The zero-order valence-electron chi connectivity index (χ0n) is 13.6.